The van der Waals surface area contributed by atoms with Gasteiger partial charge in [-0.1, -0.05) is 12.1 Å². The average Bonchev–Trinajstić information content (AvgIpc) is 2.82. The quantitative estimate of drug-likeness (QED) is 0.750. The van der Waals surface area contributed by atoms with Crippen LogP contribution in [0.15, 0.2) is 28.9 Å². The molecule has 92 valence electrons. The van der Waals surface area contributed by atoms with Gasteiger partial charge in [-0.15, -0.1) is 0 Å². The van der Waals surface area contributed by atoms with Crippen molar-refractivity contribution >= 4 is 32.7 Å². The van der Waals surface area contributed by atoms with Gasteiger partial charge < -0.3 is 5.73 Å². The zero-order valence-electron chi connectivity index (χ0n) is 10.1. The maximum absolute atomic E-state index is 5.83. The molecule has 0 atom stereocenters. The number of fused-ring (bicyclic) bond motifs is 1. The second-order valence-corrected chi connectivity index (χ2v) is 4.95. The number of halogens is 1. The maximum atomic E-state index is 5.83. The minimum atomic E-state index is 0.642. The molecule has 0 aliphatic carbocycles. The highest BCUT2D eigenvalue weighted by Crippen LogP contribution is 2.31. The maximum Gasteiger partial charge on any atom is 0.136 e. The van der Waals surface area contributed by atoms with Crippen molar-refractivity contribution in [3.05, 3.63) is 28.9 Å². The number of hydrogen-bond donors (Lipinski definition) is 1. The van der Waals surface area contributed by atoms with E-state index in [9.17, 15) is 0 Å². The Balaban J connectivity index is 2.35. The Morgan fingerprint density at radius 1 is 1.17 bits per heavy atom. The van der Waals surface area contributed by atoms with E-state index in [0.717, 1.165) is 26.8 Å². The van der Waals surface area contributed by atoms with E-state index < -0.39 is 0 Å². The van der Waals surface area contributed by atoms with Gasteiger partial charge in [0.1, 0.15) is 10.4 Å². The highest BCUT2D eigenvalue weighted by Gasteiger charge is 2.14. The van der Waals surface area contributed by atoms with Crippen LogP contribution in [0, 0.1) is 0 Å². The van der Waals surface area contributed by atoms with E-state index >= 15 is 0 Å². The molecule has 3 rings (SSSR count). The van der Waals surface area contributed by atoms with Gasteiger partial charge in [0.05, 0.1) is 11.2 Å². The standard InChI is InChI=1S/C12H12BrN5/c1-17-10(14)6-9(15-17)7-4-3-5-8-11(7)18(2)16-12(8)13/h3-6H,14H2,1-2H3. The van der Waals surface area contributed by atoms with Crippen molar-refractivity contribution < 1.29 is 0 Å². The van der Waals surface area contributed by atoms with Crippen LogP contribution < -0.4 is 5.73 Å². The summed E-state index contributed by atoms with van der Waals surface area (Å²) in [5.41, 5.74) is 8.76. The number of aromatic nitrogens is 4. The topological polar surface area (TPSA) is 61.7 Å². The van der Waals surface area contributed by atoms with Crippen LogP contribution in [0.25, 0.3) is 22.2 Å². The van der Waals surface area contributed by atoms with Gasteiger partial charge in [0, 0.05) is 31.1 Å². The lowest BCUT2D eigenvalue weighted by molar-refractivity contribution is 0.778. The molecule has 0 saturated carbocycles. The van der Waals surface area contributed by atoms with Gasteiger partial charge in [-0.05, 0) is 22.0 Å². The first kappa shape index (κ1) is 11.3. The van der Waals surface area contributed by atoms with Crippen molar-refractivity contribution in [3.8, 4) is 11.3 Å². The van der Waals surface area contributed by atoms with E-state index in [4.69, 9.17) is 5.73 Å². The zero-order valence-corrected chi connectivity index (χ0v) is 11.6. The van der Waals surface area contributed by atoms with Gasteiger partial charge in [-0.25, -0.2) is 0 Å². The molecule has 0 unspecified atom stereocenters. The van der Waals surface area contributed by atoms with Gasteiger partial charge in [0.25, 0.3) is 0 Å². The molecule has 6 heteroatoms. The van der Waals surface area contributed by atoms with E-state index in [2.05, 4.69) is 26.1 Å². The normalized spacial score (nSPS) is 11.3. The second-order valence-electron chi connectivity index (χ2n) is 4.19. The summed E-state index contributed by atoms with van der Waals surface area (Å²) in [7, 11) is 3.75. The van der Waals surface area contributed by atoms with Crippen LogP contribution in [0.3, 0.4) is 0 Å². The molecule has 5 nitrogen and oxygen atoms in total. The van der Waals surface area contributed by atoms with Crippen molar-refractivity contribution in [2.75, 3.05) is 5.73 Å². The first-order valence-corrected chi connectivity index (χ1v) is 6.28. The number of aryl methyl sites for hydroxylation is 2. The Morgan fingerprint density at radius 3 is 2.61 bits per heavy atom. The van der Waals surface area contributed by atoms with Crippen LogP contribution in [0.4, 0.5) is 5.82 Å². The van der Waals surface area contributed by atoms with Crippen molar-refractivity contribution in [3.63, 3.8) is 0 Å². The van der Waals surface area contributed by atoms with Gasteiger partial charge in [-0.3, -0.25) is 9.36 Å². The third-order valence-electron chi connectivity index (χ3n) is 3.01. The van der Waals surface area contributed by atoms with E-state index in [-0.39, 0.29) is 0 Å². The van der Waals surface area contributed by atoms with E-state index in [1.807, 2.05) is 43.0 Å². The summed E-state index contributed by atoms with van der Waals surface area (Å²) in [6, 6.07) is 7.92. The van der Waals surface area contributed by atoms with Crippen molar-refractivity contribution in [1.29, 1.82) is 0 Å². The lowest BCUT2D eigenvalue weighted by Crippen LogP contribution is -1.97. The minimum absolute atomic E-state index is 0.642. The highest BCUT2D eigenvalue weighted by atomic mass is 79.9. The smallest absolute Gasteiger partial charge is 0.136 e. The number of nitrogen functional groups attached to an aromatic ring is 1. The Kier molecular flexibility index (Phi) is 2.41. The third-order valence-corrected chi connectivity index (χ3v) is 3.60. The Labute approximate surface area is 112 Å². The molecule has 1 aromatic carbocycles. The van der Waals surface area contributed by atoms with Crippen LogP contribution >= 0.6 is 15.9 Å². The summed E-state index contributed by atoms with van der Waals surface area (Å²) in [5.74, 6) is 0.642. The molecule has 0 bridgehead atoms. The van der Waals surface area contributed by atoms with Crippen LogP contribution in [0.2, 0.25) is 0 Å². The molecule has 2 N–H and O–H groups in total. The first-order valence-electron chi connectivity index (χ1n) is 5.49. The molecule has 0 amide bonds. The summed E-state index contributed by atoms with van der Waals surface area (Å²) < 4.78 is 4.35. The van der Waals surface area contributed by atoms with Crippen molar-refractivity contribution in [2.45, 2.75) is 0 Å². The summed E-state index contributed by atoms with van der Waals surface area (Å²) in [6.07, 6.45) is 0. The molecule has 0 aliphatic rings. The van der Waals surface area contributed by atoms with Crippen molar-refractivity contribution in [2.24, 2.45) is 14.1 Å². The van der Waals surface area contributed by atoms with Gasteiger partial charge >= 0.3 is 0 Å². The van der Waals surface area contributed by atoms with Crippen LogP contribution in [-0.4, -0.2) is 19.6 Å². The second kappa shape index (κ2) is 3.84. The minimum Gasteiger partial charge on any atom is -0.384 e. The summed E-state index contributed by atoms with van der Waals surface area (Å²) in [4.78, 5) is 0. The SMILES string of the molecule is Cn1nc(-c2cccc3c(Br)nn(C)c23)cc1N. The monoisotopic (exact) mass is 305 g/mol. The number of nitrogens with two attached hydrogens (primary N) is 1. The molecule has 2 aromatic heterocycles. The summed E-state index contributed by atoms with van der Waals surface area (Å²) >= 11 is 3.46. The number of nitrogens with zero attached hydrogens (tertiary/aromatic N) is 4. The summed E-state index contributed by atoms with van der Waals surface area (Å²) in [5, 5.41) is 9.86. The molecular formula is C12H12BrN5. The van der Waals surface area contributed by atoms with Gasteiger partial charge in [0.2, 0.25) is 0 Å². The van der Waals surface area contributed by atoms with Crippen LogP contribution in [-0.2, 0) is 14.1 Å². The molecule has 0 aliphatic heterocycles. The summed E-state index contributed by atoms with van der Waals surface area (Å²) in [6.45, 7) is 0. The third kappa shape index (κ3) is 1.53. The number of anilines is 1. The predicted octanol–water partition coefficient (Wildman–Crippen LogP) is 2.32. The fourth-order valence-electron chi connectivity index (χ4n) is 2.11. The van der Waals surface area contributed by atoms with E-state index in [1.54, 1.807) is 4.68 Å². The first-order chi connectivity index (χ1) is 8.58. The van der Waals surface area contributed by atoms with Gasteiger partial charge in [-0.2, -0.15) is 10.2 Å². The molecular weight excluding hydrogens is 294 g/mol. The molecule has 0 fully saturated rings. The zero-order chi connectivity index (χ0) is 12.9. The van der Waals surface area contributed by atoms with Crippen LogP contribution in [0.5, 0.6) is 0 Å². The highest BCUT2D eigenvalue weighted by molar-refractivity contribution is 9.10. The molecule has 2 heterocycles. The van der Waals surface area contributed by atoms with Crippen molar-refractivity contribution in [1.82, 2.24) is 19.6 Å². The molecule has 0 spiro atoms. The fourth-order valence-corrected chi connectivity index (χ4v) is 2.67. The largest absolute Gasteiger partial charge is 0.384 e. The number of para-hydroxylation sites is 1. The molecule has 0 saturated heterocycles. The fraction of sp³-hybridized carbons (Fsp3) is 0.167. The predicted molar refractivity (Wildman–Crippen MR) is 75.0 cm³/mol. The Bertz CT molecular complexity index is 721. The lowest BCUT2D eigenvalue weighted by atomic mass is 10.1. The van der Waals surface area contributed by atoms with Crippen LogP contribution in [0.1, 0.15) is 0 Å². The van der Waals surface area contributed by atoms with E-state index in [0.29, 0.717) is 5.82 Å². The molecule has 18 heavy (non-hydrogen) atoms. The number of rotatable bonds is 1. The van der Waals surface area contributed by atoms with Gasteiger partial charge in [0.15, 0.2) is 0 Å². The lowest BCUT2D eigenvalue weighted by Gasteiger charge is -2.01. The number of hydrogen-bond acceptors (Lipinski definition) is 3. The number of benzene rings is 1. The molecule has 3 aromatic rings. The Hall–Kier alpha value is -1.82. The molecule has 0 radical (unpaired) electrons. The Morgan fingerprint density at radius 2 is 1.94 bits per heavy atom. The average molecular weight is 306 g/mol. The van der Waals surface area contributed by atoms with E-state index in [1.165, 1.54) is 0 Å².